The van der Waals surface area contributed by atoms with Crippen molar-refractivity contribution in [2.75, 3.05) is 0 Å². The van der Waals surface area contributed by atoms with Crippen LogP contribution in [0.2, 0.25) is 0 Å². The largest absolute Gasteiger partial charge is 0.478 e. The first-order chi connectivity index (χ1) is 9.62. The molecule has 0 amide bonds. The molecule has 0 saturated heterocycles. The lowest BCUT2D eigenvalue weighted by atomic mass is 10.0. The number of fused-ring (bicyclic) bond motifs is 1. The Bertz CT molecular complexity index is 612. The monoisotopic (exact) mass is 274 g/mol. The van der Waals surface area contributed by atoms with Crippen LogP contribution in [0.15, 0.2) is 18.2 Å². The van der Waals surface area contributed by atoms with E-state index in [9.17, 15) is 9.90 Å². The minimum atomic E-state index is -0.885. The van der Waals surface area contributed by atoms with Crippen LogP contribution in [0.25, 0.3) is 11.0 Å². The highest BCUT2D eigenvalue weighted by Gasteiger charge is 2.18. The molecule has 20 heavy (non-hydrogen) atoms. The molecule has 0 aliphatic rings. The number of para-hydroxylation sites is 1. The molecular weight excluding hydrogens is 252 g/mol. The lowest BCUT2D eigenvalue weighted by Crippen LogP contribution is -2.13. The third-order valence-corrected chi connectivity index (χ3v) is 3.99. The summed E-state index contributed by atoms with van der Waals surface area (Å²) in [6, 6.07) is 5.32. The Balaban J connectivity index is 2.62. The molecule has 1 N–H and O–H groups in total. The smallest absolute Gasteiger partial charge is 0.337 e. The van der Waals surface area contributed by atoms with Crippen LogP contribution in [0.4, 0.5) is 0 Å². The maximum absolute atomic E-state index is 11.4. The van der Waals surface area contributed by atoms with Crippen molar-refractivity contribution in [3.8, 4) is 0 Å². The first-order valence-corrected chi connectivity index (χ1v) is 7.33. The van der Waals surface area contributed by atoms with E-state index in [-0.39, 0.29) is 0 Å². The fourth-order valence-electron chi connectivity index (χ4n) is 2.68. The van der Waals surface area contributed by atoms with Gasteiger partial charge in [-0.05, 0) is 18.1 Å². The average molecular weight is 274 g/mol. The molecule has 0 atom stereocenters. The number of aromatic nitrogens is 2. The van der Waals surface area contributed by atoms with E-state index >= 15 is 0 Å². The van der Waals surface area contributed by atoms with Gasteiger partial charge in [0.25, 0.3) is 0 Å². The zero-order valence-corrected chi connectivity index (χ0v) is 12.4. The number of carboxylic acid groups (broad SMARTS) is 1. The second-order valence-corrected chi connectivity index (χ2v) is 5.15. The zero-order valence-electron chi connectivity index (χ0n) is 12.4. The number of imidazole rings is 1. The van der Waals surface area contributed by atoms with E-state index in [0.717, 1.165) is 42.7 Å². The van der Waals surface area contributed by atoms with Gasteiger partial charge in [0.05, 0.1) is 16.6 Å². The van der Waals surface area contributed by atoms with Crippen molar-refractivity contribution in [2.45, 2.75) is 46.6 Å². The first kappa shape index (κ1) is 14.6. The van der Waals surface area contributed by atoms with E-state index in [0.29, 0.717) is 11.5 Å². The van der Waals surface area contributed by atoms with Crippen molar-refractivity contribution in [1.82, 2.24) is 9.55 Å². The lowest BCUT2D eigenvalue weighted by molar-refractivity contribution is 0.0698. The van der Waals surface area contributed by atoms with Crippen molar-refractivity contribution in [1.29, 1.82) is 0 Å². The molecule has 0 unspecified atom stereocenters. The third-order valence-electron chi connectivity index (χ3n) is 3.99. The Hall–Kier alpha value is -1.84. The number of hydrogen-bond acceptors (Lipinski definition) is 2. The Labute approximate surface area is 119 Å². The van der Waals surface area contributed by atoms with Gasteiger partial charge in [0.1, 0.15) is 5.82 Å². The molecule has 0 radical (unpaired) electrons. The fourth-order valence-corrected chi connectivity index (χ4v) is 2.68. The predicted molar refractivity (Wildman–Crippen MR) is 80.1 cm³/mol. The van der Waals surface area contributed by atoms with Gasteiger partial charge in [0.15, 0.2) is 0 Å². The molecule has 1 aromatic carbocycles. The van der Waals surface area contributed by atoms with E-state index in [4.69, 9.17) is 0 Å². The number of benzene rings is 1. The highest BCUT2D eigenvalue weighted by Crippen LogP contribution is 2.24. The van der Waals surface area contributed by atoms with Crippen LogP contribution in [0.3, 0.4) is 0 Å². The van der Waals surface area contributed by atoms with E-state index in [2.05, 4.69) is 30.3 Å². The quantitative estimate of drug-likeness (QED) is 0.873. The summed E-state index contributed by atoms with van der Waals surface area (Å²) in [5.74, 6) is 0.643. The molecular formula is C16H22N2O2. The minimum Gasteiger partial charge on any atom is -0.478 e. The van der Waals surface area contributed by atoms with Crippen LogP contribution < -0.4 is 0 Å². The molecule has 0 fully saturated rings. The molecule has 2 aromatic rings. The van der Waals surface area contributed by atoms with Gasteiger partial charge in [-0.3, -0.25) is 0 Å². The summed E-state index contributed by atoms with van der Waals surface area (Å²) in [6.45, 7) is 7.26. The molecule has 2 rings (SSSR count). The average Bonchev–Trinajstić information content (AvgIpc) is 2.82. The van der Waals surface area contributed by atoms with E-state index in [1.165, 1.54) is 0 Å². The van der Waals surface area contributed by atoms with Crippen LogP contribution in [-0.4, -0.2) is 20.6 Å². The summed E-state index contributed by atoms with van der Waals surface area (Å²) in [4.78, 5) is 16.0. The summed E-state index contributed by atoms with van der Waals surface area (Å²) in [5.41, 5.74) is 1.90. The van der Waals surface area contributed by atoms with E-state index in [1.807, 2.05) is 6.07 Å². The van der Waals surface area contributed by atoms with E-state index < -0.39 is 5.97 Å². The fraction of sp³-hybridized carbons (Fsp3) is 0.500. The van der Waals surface area contributed by atoms with Crippen molar-refractivity contribution in [3.63, 3.8) is 0 Å². The maximum atomic E-state index is 11.4. The van der Waals surface area contributed by atoms with Crippen molar-refractivity contribution < 1.29 is 9.90 Å². The number of aryl methyl sites for hydroxylation is 1. The topological polar surface area (TPSA) is 55.1 Å². The van der Waals surface area contributed by atoms with Gasteiger partial charge in [-0.25, -0.2) is 9.78 Å². The Kier molecular flexibility index (Phi) is 4.42. The van der Waals surface area contributed by atoms with Gasteiger partial charge in [0, 0.05) is 13.0 Å². The standard InChI is InChI=1S/C16H22N2O2/c1-4-11(5-2)10-18-14(6-3)17-13-9-7-8-12(15(13)18)16(19)20/h7-9,11H,4-6,10H2,1-3H3,(H,19,20). The summed E-state index contributed by atoms with van der Waals surface area (Å²) < 4.78 is 2.11. The highest BCUT2D eigenvalue weighted by molar-refractivity contribution is 6.01. The normalized spacial score (nSPS) is 11.4. The third kappa shape index (κ3) is 2.55. The highest BCUT2D eigenvalue weighted by atomic mass is 16.4. The second kappa shape index (κ2) is 6.07. The number of nitrogens with zero attached hydrogens (tertiary/aromatic N) is 2. The van der Waals surface area contributed by atoms with E-state index in [1.54, 1.807) is 12.1 Å². The van der Waals surface area contributed by atoms with Crippen LogP contribution in [0.5, 0.6) is 0 Å². The van der Waals surface area contributed by atoms with Gasteiger partial charge < -0.3 is 9.67 Å². The van der Waals surface area contributed by atoms with Crippen LogP contribution in [0, 0.1) is 5.92 Å². The molecule has 0 spiro atoms. The van der Waals surface area contributed by atoms with Crippen LogP contribution in [0.1, 0.15) is 49.8 Å². The molecule has 1 heterocycles. The molecule has 1 aromatic heterocycles. The number of aromatic carboxylic acids is 1. The second-order valence-electron chi connectivity index (χ2n) is 5.15. The Morgan fingerprint density at radius 1 is 1.30 bits per heavy atom. The Morgan fingerprint density at radius 2 is 2.00 bits per heavy atom. The summed E-state index contributed by atoms with van der Waals surface area (Å²) in [7, 11) is 0. The van der Waals surface area contributed by atoms with Gasteiger partial charge in [-0.1, -0.05) is 39.7 Å². The number of carboxylic acids is 1. The predicted octanol–water partition coefficient (Wildman–Crippen LogP) is 3.73. The van der Waals surface area contributed by atoms with Crippen molar-refractivity contribution in [2.24, 2.45) is 5.92 Å². The van der Waals surface area contributed by atoms with Crippen LogP contribution in [-0.2, 0) is 13.0 Å². The maximum Gasteiger partial charge on any atom is 0.337 e. The molecule has 0 aliphatic carbocycles. The van der Waals surface area contributed by atoms with Gasteiger partial charge >= 0.3 is 5.97 Å². The molecule has 108 valence electrons. The zero-order chi connectivity index (χ0) is 14.7. The van der Waals surface area contributed by atoms with Crippen molar-refractivity contribution >= 4 is 17.0 Å². The van der Waals surface area contributed by atoms with Gasteiger partial charge in [0.2, 0.25) is 0 Å². The molecule has 0 aliphatic heterocycles. The number of carbonyl (C=O) groups is 1. The summed E-state index contributed by atoms with van der Waals surface area (Å²) >= 11 is 0. The molecule has 0 bridgehead atoms. The van der Waals surface area contributed by atoms with Crippen LogP contribution >= 0.6 is 0 Å². The summed E-state index contributed by atoms with van der Waals surface area (Å²) in [6.07, 6.45) is 3.00. The summed E-state index contributed by atoms with van der Waals surface area (Å²) in [5, 5.41) is 9.40. The van der Waals surface area contributed by atoms with Gasteiger partial charge in [-0.2, -0.15) is 0 Å². The first-order valence-electron chi connectivity index (χ1n) is 7.33. The molecule has 4 heteroatoms. The SMILES string of the molecule is CCc1nc2cccc(C(=O)O)c2n1CC(CC)CC. The van der Waals surface area contributed by atoms with Gasteiger partial charge in [-0.15, -0.1) is 0 Å². The number of hydrogen-bond donors (Lipinski definition) is 1. The lowest BCUT2D eigenvalue weighted by Gasteiger charge is -2.16. The number of rotatable bonds is 6. The van der Waals surface area contributed by atoms with Crippen molar-refractivity contribution in [3.05, 3.63) is 29.6 Å². The molecule has 0 saturated carbocycles. The minimum absolute atomic E-state index is 0.348. The molecule has 4 nitrogen and oxygen atoms in total. The Morgan fingerprint density at radius 3 is 2.55 bits per heavy atom.